The number of benzene rings is 1. The van der Waals surface area contributed by atoms with Crippen molar-refractivity contribution in [1.82, 2.24) is 0 Å². The summed E-state index contributed by atoms with van der Waals surface area (Å²) in [4.78, 5) is 11.6. The molecule has 0 aromatic heterocycles. The summed E-state index contributed by atoms with van der Waals surface area (Å²) in [5.74, 6) is -1.87. The van der Waals surface area contributed by atoms with Gasteiger partial charge in [0.05, 0.1) is 4.47 Å². The Kier molecular flexibility index (Phi) is 4.17. The molecule has 1 unspecified atom stereocenters. The molecule has 0 radical (unpaired) electrons. The number of halogens is 5. The third kappa shape index (κ3) is 2.89. The molecule has 0 saturated carbocycles. The van der Waals surface area contributed by atoms with Gasteiger partial charge in [0.15, 0.2) is 11.3 Å². The van der Waals surface area contributed by atoms with Gasteiger partial charge in [-0.05, 0) is 34.5 Å². The Labute approximate surface area is 109 Å². The lowest BCUT2D eigenvalue weighted by Crippen LogP contribution is -2.57. The molecule has 2 N–H and O–H groups in total. The van der Waals surface area contributed by atoms with Gasteiger partial charge in [-0.25, -0.2) is 4.39 Å². The largest absolute Gasteiger partial charge is 0.413 e. The standard InChI is InChI=1S/C11H10BrF4NO/c1-10(17,11(14,15)16)8(18)5-6-3-2-4-7(13)9(6)12/h2-4H,5,17H2,1H3. The first-order chi connectivity index (χ1) is 8.07. The Morgan fingerprint density at radius 3 is 2.44 bits per heavy atom. The fourth-order valence-electron chi connectivity index (χ4n) is 1.20. The molecule has 0 bridgehead atoms. The molecular formula is C11H10BrF4NO. The lowest BCUT2D eigenvalue weighted by atomic mass is 9.92. The van der Waals surface area contributed by atoms with Crippen LogP contribution in [0.4, 0.5) is 17.6 Å². The number of carbonyl (C=O) groups excluding carboxylic acids is 1. The van der Waals surface area contributed by atoms with Gasteiger partial charge in [0.1, 0.15) is 5.82 Å². The van der Waals surface area contributed by atoms with E-state index in [1.165, 1.54) is 12.1 Å². The molecule has 0 fully saturated rings. The van der Waals surface area contributed by atoms with Crippen molar-refractivity contribution in [2.24, 2.45) is 5.73 Å². The molecule has 1 aromatic rings. The Hall–Kier alpha value is -0.950. The predicted octanol–water partition coefficient (Wildman–Crippen LogP) is 2.98. The molecule has 0 amide bonds. The van der Waals surface area contributed by atoms with E-state index in [0.29, 0.717) is 6.92 Å². The molecule has 0 aliphatic rings. The van der Waals surface area contributed by atoms with E-state index >= 15 is 0 Å². The van der Waals surface area contributed by atoms with Gasteiger partial charge < -0.3 is 5.73 Å². The van der Waals surface area contributed by atoms with Crippen LogP contribution in [0.25, 0.3) is 0 Å². The molecule has 1 atom stereocenters. The highest BCUT2D eigenvalue weighted by Gasteiger charge is 2.53. The van der Waals surface area contributed by atoms with Gasteiger partial charge in [0.25, 0.3) is 0 Å². The van der Waals surface area contributed by atoms with Crippen LogP contribution >= 0.6 is 15.9 Å². The molecule has 0 aliphatic heterocycles. The summed E-state index contributed by atoms with van der Waals surface area (Å²) in [5.41, 5.74) is 2.17. The van der Waals surface area contributed by atoms with Crippen molar-refractivity contribution < 1.29 is 22.4 Å². The number of nitrogens with two attached hydrogens (primary N) is 1. The van der Waals surface area contributed by atoms with Crippen LogP contribution in [-0.4, -0.2) is 17.5 Å². The van der Waals surface area contributed by atoms with E-state index in [1.54, 1.807) is 0 Å². The van der Waals surface area contributed by atoms with Crippen molar-refractivity contribution in [2.75, 3.05) is 0 Å². The predicted molar refractivity (Wildman–Crippen MR) is 61.5 cm³/mol. The smallest absolute Gasteiger partial charge is 0.312 e. The molecule has 0 heterocycles. The number of Topliss-reactive ketones (excluding diaryl/α,β-unsaturated/α-hetero) is 1. The summed E-state index contributed by atoms with van der Waals surface area (Å²) >= 11 is 2.88. The number of ketones is 1. The monoisotopic (exact) mass is 327 g/mol. The van der Waals surface area contributed by atoms with Crippen molar-refractivity contribution in [3.8, 4) is 0 Å². The van der Waals surface area contributed by atoms with Gasteiger partial charge in [0.2, 0.25) is 0 Å². The van der Waals surface area contributed by atoms with Gasteiger partial charge in [-0.1, -0.05) is 12.1 Å². The van der Waals surface area contributed by atoms with Crippen molar-refractivity contribution in [3.05, 3.63) is 34.1 Å². The minimum absolute atomic E-state index is 0.0312. The Balaban J connectivity index is 2.99. The molecule has 0 aliphatic carbocycles. The van der Waals surface area contributed by atoms with Crippen LogP contribution < -0.4 is 5.73 Å². The number of hydrogen-bond donors (Lipinski definition) is 1. The molecule has 2 nitrogen and oxygen atoms in total. The Bertz CT molecular complexity index is 471. The maximum absolute atomic E-state index is 13.1. The zero-order chi connectivity index (χ0) is 14.1. The first-order valence-corrected chi connectivity index (χ1v) is 5.68. The zero-order valence-corrected chi connectivity index (χ0v) is 10.9. The molecule has 1 rings (SSSR count). The van der Waals surface area contributed by atoms with Crippen LogP contribution in [-0.2, 0) is 11.2 Å². The quantitative estimate of drug-likeness (QED) is 0.867. The topological polar surface area (TPSA) is 43.1 Å². The Morgan fingerprint density at radius 1 is 1.39 bits per heavy atom. The molecule has 0 saturated heterocycles. The van der Waals surface area contributed by atoms with Crippen molar-refractivity contribution in [3.63, 3.8) is 0 Å². The highest BCUT2D eigenvalue weighted by Crippen LogP contribution is 2.30. The second-order valence-corrected chi connectivity index (χ2v) is 4.81. The fraction of sp³-hybridized carbons (Fsp3) is 0.364. The summed E-state index contributed by atoms with van der Waals surface area (Å²) in [5, 5.41) is 0. The van der Waals surface area contributed by atoms with Crippen LogP contribution in [0, 0.1) is 5.82 Å². The maximum Gasteiger partial charge on any atom is 0.413 e. The molecule has 0 spiro atoms. The van der Waals surface area contributed by atoms with Crippen LogP contribution in [0.15, 0.2) is 22.7 Å². The molecular weight excluding hydrogens is 318 g/mol. The second kappa shape index (κ2) is 4.97. The summed E-state index contributed by atoms with van der Waals surface area (Å²) in [6.07, 6.45) is -5.44. The first kappa shape index (κ1) is 15.1. The number of carbonyl (C=O) groups is 1. The SMILES string of the molecule is CC(N)(C(=O)Cc1cccc(F)c1Br)C(F)(F)F. The lowest BCUT2D eigenvalue weighted by molar-refractivity contribution is -0.185. The molecule has 1 aromatic carbocycles. The summed E-state index contributed by atoms with van der Waals surface area (Å²) in [6, 6.07) is 3.80. The lowest BCUT2D eigenvalue weighted by Gasteiger charge is -2.26. The van der Waals surface area contributed by atoms with Crippen LogP contribution in [0.3, 0.4) is 0 Å². The Morgan fingerprint density at radius 2 is 1.94 bits per heavy atom. The van der Waals surface area contributed by atoms with E-state index in [4.69, 9.17) is 5.73 Å². The van der Waals surface area contributed by atoms with E-state index in [-0.39, 0.29) is 10.0 Å². The van der Waals surface area contributed by atoms with Crippen LogP contribution in [0.2, 0.25) is 0 Å². The fourth-order valence-corrected chi connectivity index (χ4v) is 1.60. The normalized spacial score (nSPS) is 15.3. The van der Waals surface area contributed by atoms with Crippen LogP contribution in [0.5, 0.6) is 0 Å². The van der Waals surface area contributed by atoms with E-state index < -0.39 is 29.7 Å². The minimum Gasteiger partial charge on any atom is -0.312 e. The third-order valence-electron chi connectivity index (χ3n) is 2.55. The molecule has 18 heavy (non-hydrogen) atoms. The second-order valence-electron chi connectivity index (χ2n) is 4.01. The van der Waals surface area contributed by atoms with E-state index in [9.17, 15) is 22.4 Å². The number of hydrogen-bond acceptors (Lipinski definition) is 2. The third-order valence-corrected chi connectivity index (χ3v) is 3.44. The molecule has 7 heteroatoms. The zero-order valence-electron chi connectivity index (χ0n) is 9.31. The van der Waals surface area contributed by atoms with Gasteiger partial charge in [0, 0.05) is 6.42 Å². The minimum atomic E-state index is -4.84. The van der Waals surface area contributed by atoms with Crippen molar-refractivity contribution in [2.45, 2.75) is 25.1 Å². The summed E-state index contributed by atoms with van der Waals surface area (Å²) in [7, 11) is 0. The number of alkyl halides is 3. The van der Waals surface area contributed by atoms with E-state index in [0.717, 1.165) is 6.07 Å². The average molecular weight is 328 g/mol. The van der Waals surface area contributed by atoms with E-state index in [1.807, 2.05) is 0 Å². The highest BCUT2D eigenvalue weighted by atomic mass is 79.9. The van der Waals surface area contributed by atoms with Gasteiger partial charge in [-0.2, -0.15) is 13.2 Å². The number of rotatable bonds is 3. The van der Waals surface area contributed by atoms with Crippen molar-refractivity contribution >= 4 is 21.7 Å². The highest BCUT2D eigenvalue weighted by molar-refractivity contribution is 9.10. The summed E-state index contributed by atoms with van der Waals surface area (Å²) < 4.78 is 50.7. The maximum atomic E-state index is 13.1. The van der Waals surface area contributed by atoms with Crippen LogP contribution in [0.1, 0.15) is 12.5 Å². The summed E-state index contributed by atoms with van der Waals surface area (Å²) in [6.45, 7) is 0.600. The van der Waals surface area contributed by atoms with Crippen molar-refractivity contribution in [1.29, 1.82) is 0 Å². The van der Waals surface area contributed by atoms with Gasteiger partial charge in [-0.15, -0.1) is 0 Å². The van der Waals surface area contributed by atoms with Gasteiger partial charge in [-0.3, -0.25) is 4.79 Å². The average Bonchev–Trinajstić information content (AvgIpc) is 2.23. The van der Waals surface area contributed by atoms with Gasteiger partial charge >= 0.3 is 6.18 Å². The van der Waals surface area contributed by atoms with E-state index in [2.05, 4.69) is 15.9 Å². The molecule has 100 valence electrons. The first-order valence-electron chi connectivity index (χ1n) is 4.89.